The summed E-state index contributed by atoms with van der Waals surface area (Å²) in [5.74, 6) is -1.63. The normalized spacial score (nSPS) is 14.0. The SMILES string of the molecule is CCC(CNC(=O)C(CCC(=O)O)NC(=O)OCC1c2ccccc2-c2ccccc21)OC. The number of amides is 2. The fourth-order valence-corrected chi connectivity index (χ4v) is 4.05. The van der Waals surface area contributed by atoms with Crippen LogP contribution < -0.4 is 10.6 Å². The number of hydrogen-bond acceptors (Lipinski definition) is 5. The molecule has 8 heteroatoms. The van der Waals surface area contributed by atoms with Crippen LogP contribution in [0.25, 0.3) is 11.1 Å². The van der Waals surface area contributed by atoms with Crippen LogP contribution in [0.1, 0.15) is 43.2 Å². The van der Waals surface area contributed by atoms with E-state index >= 15 is 0 Å². The number of alkyl carbamates (subject to hydrolysis) is 1. The highest BCUT2D eigenvalue weighted by atomic mass is 16.5. The van der Waals surface area contributed by atoms with Crippen molar-refractivity contribution in [2.24, 2.45) is 0 Å². The van der Waals surface area contributed by atoms with Crippen LogP contribution in [-0.4, -0.2) is 55.5 Å². The lowest BCUT2D eigenvalue weighted by Gasteiger charge is -2.21. The Labute approximate surface area is 193 Å². The number of carboxylic acid groups (broad SMARTS) is 1. The van der Waals surface area contributed by atoms with Gasteiger partial charge in [-0.2, -0.15) is 0 Å². The molecule has 0 aromatic heterocycles. The van der Waals surface area contributed by atoms with Crippen molar-refractivity contribution in [2.75, 3.05) is 20.3 Å². The van der Waals surface area contributed by atoms with Gasteiger partial charge in [-0.05, 0) is 35.1 Å². The average Bonchev–Trinajstić information content (AvgIpc) is 3.14. The van der Waals surface area contributed by atoms with Crippen LogP contribution in [0.5, 0.6) is 0 Å². The summed E-state index contributed by atoms with van der Waals surface area (Å²) in [4.78, 5) is 36.1. The summed E-state index contributed by atoms with van der Waals surface area (Å²) < 4.78 is 10.7. The highest BCUT2D eigenvalue weighted by molar-refractivity contribution is 5.86. The van der Waals surface area contributed by atoms with Gasteiger partial charge in [-0.15, -0.1) is 0 Å². The van der Waals surface area contributed by atoms with Gasteiger partial charge in [-0.1, -0.05) is 55.5 Å². The summed E-state index contributed by atoms with van der Waals surface area (Å²) in [5.41, 5.74) is 4.39. The summed E-state index contributed by atoms with van der Waals surface area (Å²) >= 11 is 0. The van der Waals surface area contributed by atoms with Gasteiger partial charge in [0, 0.05) is 26.0 Å². The first-order valence-corrected chi connectivity index (χ1v) is 11.1. The van der Waals surface area contributed by atoms with Crippen molar-refractivity contribution in [3.05, 3.63) is 59.7 Å². The molecule has 0 saturated heterocycles. The first-order chi connectivity index (χ1) is 15.9. The van der Waals surface area contributed by atoms with Crippen LogP contribution in [0.4, 0.5) is 4.79 Å². The second-order valence-electron chi connectivity index (χ2n) is 7.97. The lowest BCUT2D eigenvalue weighted by Crippen LogP contribution is -2.48. The molecule has 8 nitrogen and oxygen atoms in total. The van der Waals surface area contributed by atoms with Crippen molar-refractivity contribution < 1.29 is 29.0 Å². The first-order valence-electron chi connectivity index (χ1n) is 11.1. The molecule has 33 heavy (non-hydrogen) atoms. The van der Waals surface area contributed by atoms with E-state index in [2.05, 4.69) is 10.6 Å². The summed E-state index contributed by atoms with van der Waals surface area (Å²) in [5, 5.41) is 14.2. The summed E-state index contributed by atoms with van der Waals surface area (Å²) in [6.07, 6.45) is -0.529. The molecule has 2 aromatic carbocycles. The first kappa shape index (κ1) is 24.3. The molecule has 0 heterocycles. The summed E-state index contributed by atoms with van der Waals surface area (Å²) in [6.45, 7) is 2.30. The smallest absolute Gasteiger partial charge is 0.407 e. The van der Waals surface area contributed by atoms with Crippen molar-refractivity contribution in [3.8, 4) is 11.1 Å². The molecule has 2 unspecified atom stereocenters. The molecular formula is C25H30N2O6. The van der Waals surface area contributed by atoms with Gasteiger partial charge in [0.1, 0.15) is 12.6 Å². The van der Waals surface area contributed by atoms with Gasteiger partial charge in [0.2, 0.25) is 5.91 Å². The topological polar surface area (TPSA) is 114 Å². The third kappa shape index (κ3) is 6.10. The molecule has 1 aliphatic rings. The Hall–Kier alpha value is -3.39. The molecule has 0 spiro atoms. The molecule has 0 radical (unpaired) electrons. The minimum Gasteiger partial charge on any atom is -0.481 e. The number of fused-ring (bicyclic) bond motifs is 3. The van der Waals surface area contributed by atoms with E-state index in [1.54, 1.807) is 7.11 Å². The monoisotopic (exact) mass is 454 g/mol. The molecule has 0 bridgehead atoms. The number of aliphatic carboxylic acids is 1. The van der Waals surface area contributed by atoms with Crippen LogP contribution in [0, 0.1) is 0 Å². The molecular weight excluding hydrogens is 424 g/mol. The Morgan fingerprint density at radius 2 is 1.64 bits per heavy atom. The molecule has 0 saturated carbocycles. The number of carboxylic acids is 1. The molecule has 0 aliphatic heterocycles. The van der Waals surface area contributed by atoms with E-state index in [1.807, 2.05) is 55.5 Å². The Kier molecular flexibility index (Phi) is 8.43. The quantitative estimate of drug-likeness (QED) is 0.480. The van der Waals surface area contributed by atoms with Crippen LogP contribution in [0.15, 0.2) is 48.5 Å². The van der Waals surface area contributed by atoms with Crippen molar-refractivity contribution >= 4 is 18.0 Å². The minimum atomic E-state index is -1.05. The van der Waals surface area contributed by atoms with Gasteiger partial charge in [-0.25, -0.2) is 4.79 Å². The zero-order chi connectivity index (χ0) is 23.8. The van der Waals surface area contributed by atoms with E-state index in [4.69, 9.17) is 14.6 Å². The second-order valence-corrected chi connectivity index (χ2v) is 7.97. The number of hydrogen-bond donors (Lipinski definition) is 3. The van der Waals surface area contributed by atoms with Gasteiger partial charge >= 0.3 is 12.1 Å². The van der Waals surface area contributed by atoms with Gasteiger partial charge < -0.3 is 25.2 Å². The number of rotatable bonds is 11. The molecule has 1 aliphatic carbocycles. The van der Waals surface area contributed by atoms with Crippen LogP contribution in [0.3, 0.4) is 0 Å². The van der Waals surface area contributed by atoms with E-state index in [1.165, 1.54) is 0 Å². The zero-order valence-electron chi connectivity index (χ0n) is 18.9. The predicted octanol–water partition coefficient (Wildman–Crippen LogP) is 3.30. The average molecular weight is 455 g/mol. The predicted molar refractivity (Wildman–Crippen MR) is 123 cm³/mol. The van der Waals surface area contributed by atoms with Gasteiger partial charge in [0.15, 0.2) is 0 Å². The number of nitrogens with one attached hydrogen (secondary N) is 2. The molecule has 176 valence electrons. The largest absolute Gasteiger partial charge is 0.481 e. The highest BCUT2D eigenvalue weighted by Gasteiger charge is 2.30. The highest BCUT2D eigenvalue weighted by Crippen LogP contribution is 2.44. The van der Waals surface area contributed by atoms with Crippen molar-refractivity contribution in [3.63, 3.8) is 0 Å². The zero-order valence-corrected chi connectivity index (χ0v) is 18.9. The van der Waals surface area contributed by atoms with Crippen LogP contribution >= 0.6 is 0 Å². The standard InChI is InChI=1S/C25H30N2O6/c1-3-16(32-2)14-26-24(30)22(12-13-23(28)29)27-25(31)33-15-21-19-10-6-4-8-17(19)18-9-5-7-11-20(18)21/h4-11,16,21-22H,3,12-15H2,1-2H3,(H,26,30)(H,27,31)(H,28,29). The van der Waals surface area contributed by atoms with Crippen LogP contribution in [0.2, 0.25) is 0 Å². The van der Waals surface area contributed by atoms with Gasteiger partial charge in [-0.3, -0.25) is 9.59 Å². The molecule has 0 fully saturated rings. The molecule has 3 rings (SSSR count). The second kappa shape index (κ2) is 11.5. The van der Waals surface area contributed by atoms with E-state index in [0.717, 1.165) is 22.3 Å². The van der Waals surface area contributed by atoms with Crippen molar-refractivity contribution in [1.82, 2.24) is 10.6 Å². The molecule has 3 N–H and O–H groups in total. The number of carbonyl (C=O) groups excluding carboxylic acids is 2. The van der Waals surface area contributed by atoms with Crippen molar-refractivity contribution in [2.45, 2.75) is 44.2 Å². The van der Waals surface area contributed by atoms with Crippen molar-refractivity contribution in [1.29, 1.82) is 0 Å². The fraction of sp³-hybridized carbons (Fsp3) is 0.400. The maximum atomic E-state index is 12.6. The Morgan fingerprint density at radius 1 is 1.03 bits per heavy atom. The fourth-order valence-electron chi connectivity index (χ4n) is 4.05. The maximum absolute atomic E-state index is 12.6. The Bertz CT molecular complexity index is 943. The lowest BCUT2D eigenvalue weighted by atomic mass is 9.98. The number of benzene rings is 2. The third-order valence-electron chi connectivity index (χ3n) is 5.89. The lowest BCUT2D eigenvalue weighted by molar-refractivity contribution is -0.137. The van der Waals surface area contributed by atoms with E-state index in [9.17, 15) is 14.4 Å². The molecule has 2 amide bonds. The van der Waals surface area contributed by atoms with Crippen LogP contribution in [-0.2, 0) is 19.1 Å². The summed E-state index contributed by atoms with van der Waals surface area (Å²) in [7, 11) is 1.55. The summed E-state index contributed by atoms with van der Waals surface area (Å²) in [6, 6.07) is 15.0. The number of methoxy groups -OCH3 is 1. The van der Waals surface area contributed by atoms with E-state index < -0.39 is 24.0 Å². The Balaban J connectivity index is 1.63. The maximum Gasteiger partial charge on any atom is 0.407 e. The van der Waals surface area contributed by atoms with E-state index in [0.29, 0.717) is 6.42 Å². The van der Waals surface area contributed by atoms with E-state index in [-0.39, 0.29) is 38.0 Å². The minimum absolute atomic E-state index is 0.0465. The molecule has 2 atom stereocenters. The number of carbonyl (C=O) groups is 3. The number of ether oxygens (including phenoxy) is 2. The van der Waals surface area contributed by atoms with Gasteiger partial charge in [0.05, 0.1) is 6.10 Å². The third-order valence-corrected chi connectivity index (χ3v) is 5.89. The molecule has 2 aromatic rings. The Morgan fingerprint density at radius 3 is 2.18 bits per heavy atom. The van der Waals surface area contributed by atoms with Gasteiger partial charge in [0.25, 0.3) is 0 Å².